The van der Waals surface area contributed by atoms with Crippen LogP contribution in [0.15, 0.2) is 72.0 Å². The second-order valence-corrected chi connectivity index (χ2v) is 17.2. The summed E-state index contributed by atoms with van der Waals surface area (Å²) < 4.78 is 59.7. The second kappa shape index (κ2) is 13.3. The highest BCUT2D eigenvalue weighted by Gasteiger charge is 2.37. The molecule has 10 rings (SSSR count). The lowest BCUT2D eigenvalue weighted by Crippen LogP contribution is -2.59. The van der Waals surface area contributed by atoms with Crippen LogP contribution in [0.5, 0.6) is 0 Å². The summed E-state index contributed by atoms with van der Waals surface area (Å²) in [5.74, 6) is 3.15. The van der Waals surface area contributed by atoms with Gasteiger partial charge in [-0.1, -0.05) is 42.3 Å². The van der Waals surface area contributed by atoms with Crippen LogP contribution in [0.25, 0.3) is 32.9 Å². The molecule has 1 N–H and O–H groups in total. The van der Waals surface area contributed by atoms with E-state index >= 15 is 4.39 Å². The van der Waals surface area contributed by atoms with Crippen molar-refractivity contribution < 1.29 is 17.2 Å². The van der Waals surface area contributed by atoms with Gasteiger partial charge in [0.25, 0.3) is 10.0 Å². The van der Waals surface area contributed by atoms with E-state index in [-0.39, 0.29) is 33.6 Å². The Morgan fingerprint density at radius 3 is 2.50 bits per heavy atom. The van der Waals surface area contributed by atoms with Gasteiger partial charge in [0, 0.05) is 73.9 Å². The summed E-state index contributed by atoms with van der Waals surface area (Å²) in [4.78, 5) is 25.3. The van der Waals surface area contributed by atoms with E-state index < -0.39 is 21.7 Å². The fourth-order valence-corrected chi connectivity index (χ4v) is 9.52. The van der Waals surface area contributed by atoms with Crippen LogP contribution in [0, 0.1) is 24.0 Å². The van der Waals surface area contributed by atoms with Gasteiger partial charge >= 0.3 is 0 Å². The molecule has 56 heavy (non-hydrogen) atoms. The number of terminal acetylenes is 1. The minimum Gasteiger partial charge on any atom is -0.353 e. The van der Waals surface area contributed by atoms with E-state index in [0.29, 0.717) is 71.0 Å². The quantitative estimate of drug-likeness (QED) is 0.198. The van der Waals surface area contributed by atoms with Crippen molar-refractivity contribution in [1.82, 2.24) is 39.3 Å². The number of aromatic nitrogens is 6. The van der Waals surface area contributed by atoms with E-state index in [1.54, 1.807) is 42.6 Å². The monoisotopic (exact) mass is 772 g/mol. The van der Waals surface area contributed by atoms with E-state index in [1.807, 2.05) is 24.1 Å². The van der Waals surface area contributed by atoms with Crippen LogP contribution in [0.4, 0.5) is 20.5 Å². The lowest BCUT2D eigenvalue weighted by molar-refractivity contribution is 0.196. The van der Waals surface area contributed by atoms with Crippen LogP contribution in [0.3, 0.4) is 0 Å². The molecule has 0 amide bonds. The molecule has 1 saturated carbocycles. The molecule has 4 fully saturated rings. The summed E-state index contributed by atoms with van der Waals surface area (Å²) in [6.07, 6.45) is 12.8. The number of piperazine rings is 1. The molecule has 3 aromatic heterocycles. The van der Waals surface area contributed by atoms with Gasteiger partial charge in [-0.2, -0.15) is 13.4 Å². The van der Waals surface area contributed by atoms with Crippen LogP contribution in [0.1, 0.15) is 48.6 Å². The lowest BCUT2D eigenvalue weighted by atomic mass is 9.96. The summed E-state index contributed by atoms with van der Waals surface area (Å²) in [6, 6.07) is 15.9. The Balaban J connectivity index is 0.946. The van der Waals surface area contributed by atoms with Gasteiger partial charge in [0.2, 0.25) is 5.95 Å². The number of nitrogens with zero attached hydrogens (tertiary/aromatic N) is 9. The average Bonchev–Trinajstić information content (AvgIpc) is 3.80. The van der Waals surface area contributed by atoms with E-state index in [9.17, 15) is 12.8 Å². The van der Waals surface area contributed by atoms with E-state index in [1.165, 1.54) is 12.4 Å². The van der Waals surface area contributed by atoms with Crippen LogP contribution in [-0.2, 0) is 16.6 Å². The molecule has 0 spiro atoms. The largest absolute Gasteiger partial charge is 0.353 e. The molecule has 2 atom stereocenters. The molecular formula is C41H38F2N10O2S. The van der Waals surface area contributed by atoms with Crippen molar-refractivity contribution >= 4 is 43.5 Å². The first kappa shape index (κ1) is 34.9. The fraction of sp³-hybridized carbons (Fsp3) is 0.341. The molecule has 1 aliphatic carbocycles. The Bertz CT molecular complexity index is 2700. The molecule has 3 aromatic carbocycles. The Kier molecular flexibility index (Phi) is 8.28. The molecule has 6 heterocycles. The minimum atomic E-state index is -3.88. The van der Waals surface area contributed by atoms with Crippen molar-refractivity contribution in [1.29, 1.82) is 0 Å². The molecule has 2 bridgehead atoms. The molecule has 15 heteroatoms. The third-order valence-corrected chi connectivity index (χ3v) is 13.2. The van der Waals surface area contributed by atoms with Crippen molar-refractivity contribution in [2.24, 2.45) is 0 Å². The van der Waals surface area contributed by atoms with Gasteiger partial charge in [0.1, 0.15) is 29.2 Å². The number of hydrogen-bond donors (Lipinski definition) is 1. The second-order valence-electron chi connectivity index (χ2n) is 15.4. The zero-order chi connectivity index (χ0) is 38.3. The van der Waals surface area contributed by atoms with Crippen molar-refractivity contribution in [3.63, 3.8) is 0 Å². The van der Waals surface area contributed by atoms with E-state index in [0.717, 1.165) is 48.4 Å². The Morgan fingerprint density at radius 1 is 0.946 bits per heavy atom. The van der Waals surface area contributed by atoms with Crippen molar-refractivity contribution in [2.45, 2.75) is 61.2 Å². The molecular weight excluding hydrogens is 735 g/mol. The number of nitrogens with one attached hydrogen (secondary N) is 1. The third-order valence-electron chi connectivity index (χ3n) is 11.6. The molecule has 2 unspecified atom stereocenters. The van der Waals surface area contributed by atoms with Crippen molar-refractivity contribution in [3.05, 3.63) is 95.7 Å². The average molecular weight is 773 g/mol. The summed E-state index contributed by atoms with van der Waals surface area (Å²) >= 11 is 0. The Morgan fingerprint density at radius 2 is 1.73 bits per heavy atom. The third kappa shape index (κ3) is 5.94. The SMILES string of the molecule is C#Cc1c(F)ccc2cccc(-c3ncc4c(N5CC6CCC(C5)N6)nc(N5CC(N(C)Cc6cccc(S(=O)(=O)n7cnc(C8CC8)n7)c6)C5)nc4c3F)c12. The number of rotatable bonds is 9. The van der Waals surface area contributed by atoms with Crippen LogP contribution >= 0.6 is 0 Å². The molecule has 3 aliphatic heterocycles. The standard InChI is InChI=1S/C41H38F2N10O2S/c1-3-31-34(42)15-12-25-7-5-9-32(35(25)31)37-36(43)38-33(17-44-37)40(51-19-27-13-14-28(20-51)46-27)48-41(47-38)52-21-29(22-52)50(2)18-24-6-4-8-30(16-24)56(54,55)53-23-45-39(49-53)26-10-11-26/h1,4-9,12,15-17,23,26-29,46H,10-11,13-14,18-22H2,2H3. The number of likely N-dealkylation sites (N-methyl/N-ethyl adjacent to an activating group) is 1. The van der Waals surface area contributed by atoms with Gasteiger partial charge in [-0.15, -0.1) is 15.6 Å². The van der Waals surface area contributed by atoms with Gasteiger partial charge < -0.3 is 15.1 Å². The van der Waals surface area contributed by atoms with Crippen LogP contribution in [0.2, 0.25) is 0 Å². The molecule has 6 aromatic rings. The zero-order valence-electron chi connectivity index (χ0n) is 30.6. The predicted octanol–water partition coefficient (Wildman–Crippen LogP) is 5.07. The molecule has 284 valence electrons. The highest BCUT2D eigenvalue weighted by Crippen LogP contribution is 2.39. The summed E-state index contributed by atoms with van der Waals surface area (Å²) in [6.45, 7) is 3.15. The number of pyridine rings is 1. The maximum Gasteiger partial charge on any atom is 0.284 e. The predicted molar refractivity (Wildman–Crippen MR) is 209 cm³/mol. The number of benzene rings is 3. The summed E-state index contributed by atoms with van der Waals surface area (Å²) in [5.41, 5.74) is 1.47. The topological polar surface area (TPSA) is 125 Å². The van der Waals surface area contributed by atoms with Gasteiger partial charge in [-0.25, -0.2) is 18.7 Å². The fourth-order valence-electron chi connectivity index (χ4n) is 8.39. The van der Waals surface area contributed by atoms with Gasteiger partial charge in [-0.3, -0.25) is 9.88 Å². The summed E-state index contributed by atoms with van der Waals surface area (Å²) in [5, 5.41) is 9.52. The van der Waals surface area contributed by atoms with Crippen LogP contribution in [-0.4, -0.2) is 93.8 Å². The number of hydrogen-bond acceptors (Lipinski definition) is 11. The van der Waals surface area contributed by atoms with Crippen molar-refractivity contribution in [2.75, 3.05) is 43.0 Å². The van der Waals surface area contributed by atoms with Gasteiger partial charge in [-0.05, 0) is 61.9 Å². The molecule has 3 saturated heterocycles. The maximum atomic E-state index is 17.0. The lowest BCUT2D eigenvalue weighted by Gasteiger charge is -2.44. The normalized spacial score (nSPS) is 19.9. The van der Waals surface area contributed by atoms with Gasteiger partial charge in [0.15, 0.2) is 11.6 Å². The van der Waals surface area contributed by atoms with Gasteiger partial charge in [0.05, 0.1) is 15.8 Å². The maximum absolute atomic E-state index is 17.0. The number of fused-ring (bicyclic) bond motifs is 4. The first-order valence-corrected chi connectivity index (χ1v) is 20.4. The molecule has 4 aliphatic rings. The first-order valence-electron chi connectivity index (χ1n) is 18.9. The highest BCUT2D eigenvalue weighted by atomic mass is 32.2. The smallest absolute Gasteiger partial charge is 0.284 e. The van der Waals surface area contributed by atoms with E-state index in [4.69, 9.17) is 16.4 Å². The molecule has 0 radical (unpaired) electrons. The van der Waals surface area contributed by atoms with Crippen molar-refractivity contribution in [3.8, 4) is 23.6 Å². The highest BCUT2D eigenvalue weighted by molar-refractivity contribution is 7.89. The van der Waals surface area contributed by atoms with Crippen LogP contribution < -0.4 is 15.1 Å². The minimum absolute atomic E-state index is 0.0406. The first-order chi connectivity index (χ1) is 27.1. The zero-order valence-corrected chi connectivity index (χ0v) is 31.4. The van der Waals surface area contributed by atoms with E-state index in [2.05, 4.69) is 36.1 Å². The Hall–Kier alpha value is -5.56. The number of halogens is 2. The molecule has 12 nitrogen and oxygen atoms in total. The number of anilines is 2. The Labute approximate surface area is 322 Å². The summed E-state index contributed by atoms with van der Waals surface area (Å²) in [7, 11) is -1.88.